The fourth-order valence-electron chi connectivity index (χ4n) is 3.52. The van der Waals surface area contributed by atoms with Gasteiger partial charge in [0.1, 0.15) is 11.1 Å². The summed E-state index contributed by atoms with van der Waals surface area (Å²) in [4.78, 5) is 5.58. The van der Waals surface area contributed by atoms with Crippen LogP contribution in [0.15, 0.2) is 23.2 Å². The van der Waals surface area contributed by atoms with Crippen LogP contribution in [0.4, 0.5) is 27.0 Å². The SMILES string of the molecule is COc1cc(C=Nc2sc3c(c2C#N)CCCC3)ccc1Oc1c(F)c(F)c(F)c(F)c1F. The summed E-state index contributed by atoms with van der Waals surface area (Å²) in [5, 5.41) is 10.1. The van der Waals surface area contributed by atoms with Gasteiger partial charge in [0.15, 0.2) is 11.5 Å². The average Bonchev–Trinajstić information content (AvgIpc) is 3.20. The van der Waals surface area contributed by atoms with Crippen molar-refractivity contribution in [3.63, 3.8) is 0 Å². The van der Waals surface area contributed by atoms with Gasteiger partial charge in [0.2, 0.25) is 34.8 Å². The first kappa shape index (κ1) is 22.7. The Bertz CT molecular complexity index is 1280. The summed E-state index contributed by atoms with van der Waals surface area (Å²) < 4.78 is 78.2. The van der Waals surface area contributed by atoms with Crippen LogP contribution in [0.2, 0.25) is 0 Å². The minimum absolute atomic E-state index is 0.0196. The number of halogens is 5. The van der Waals surface area contributed by atoms with Crippen molar-refractivity contribution in [1.29, 1.82) is 5.26 Å². The van der Waals surface area contributed by atoms with Gasteiger partial charge < -0.3 is 9.47 Å². The predicted octanol–water partition coefficient (Wildman–Crippen LogP) is 6.75. The van der Waals surface area contributed by atoms with E-state index in [4.69, 9.17) is 9.47 Å². The maximum atomic E-state index is 13.9. The Labute approximate surface area is 189 Å². The van der Waals surface area contributed by atoms with Crippen LogP contribution >= 0.6 is 11.3 Å². The minimum Gasteiger partial charge on any atom is -0.493 e. The second kappa shape index (κ2) is 9.19. The number of thiophene rings is 1. The summed E-state index contributed by atoms with van der Waals surface area (Å²) in [7, 11) is 1.25. The number of hydrogen-bond acceptors (Lipinski definition) is 5. The van der Waals surface area contributed by atoms with Crippen LogP contribution in [-0.4, -0.2) is 13.3 Å². The maximum absolute atomic E-state index is 13.9. The number of rotatable bonds is 5. The summed E-state index contributed by atoms with van der Waals surface area (Å²) in [5.41, 5.74) is 2.11. The van der Waals surface area contributed by atoms with Crippen molar-refractivity contribution >= 4 is 22.6 Å². The number of aliphatic imine (C=N–C) groups is 1. The first-order valence-electron chi connectivity index (χ1n) is 9.81. The molecule has 0 aliphatic heterocycles. The number of hydrogen-bond donors (Lipinski definition) is 0. The van der Waals surface area contributed by atoms with Gasteiger partial charge >= 0.3 is 0 Å². The van der Waals surface area contributed by atoms with E-state index in [1.165, 1.54) is 42.9 Å². The monoisotopic (exact) mass is 478 g/mol. The highest BCUT2D eigenvalue weighted by Gasteiger charge is 2.28. The lowest BCUT2D eigenvalue weighted by Gasteiger charge is -2.13. The minimum atomic E-state index is -2.28. The zero-order valence-electron chi connectivity index (χ0n) is 17.1. The number of methoxy groups -OCH3 is 1. The van der Waals surface area contributed by atoms with Crippen molar-refractivity contribution in [2.24, 2.45) is 4.99 Å². The van der Waals surface area contributed by atoms with Gasteiger partial charge in [-0.15, -0.1) is 11.3 Å². The van der Waals surface area contributed by atoms with Crippen LogP contribution in [0.25, 0.3) is 0 Å². The maximum Gasteiger partial charge on any atom is 0.207 e. The Morgan fingerprint density at radius 2 is 1.64 bits per heavy atom. The Morgan fingerprint density at radius 1 is 0.970 bits per heavy atom. The van der Waals surface area contributed by atoms with E-state index in [0.717, 1.165) is 36.1 Å². The van der Waals surface area contributed by atoms with Gasteiger partial charge in [-0.1, -0.05) is 0 Å². The molecule has 0 radical (unpaired) electrons. The van der Waals surface area contributed by atoms with Gasteiger partial charge in [-0.25, -0.2) is 18.2 Å². The van der Waals surface area contributed by atoms with Crippen LogP contribution in [0.1, 0.15) is 34.4 Å². The van der Waals surface area contributed by atoms with E-state index in [-0.39, 0.29) is 11.5 Å². The number of fused-ring (bicyclic) bond motifs is 1. The highest BCUT2D eigenvalue weighted by molar-refractivity contribution is 7.16. The zero-order valence-corrected chi connectivity index (χ0v) is 18.0. The number of benzene rings is 2. The molecular weight excluding hydrogens is 463 g/mol. The van der Waals surface area contributed by atoms with Gasteiger partial charge in [0.25, 0.3) is 0 Å². The molecule has 3 aromatic rings. The van der Waals surface area contributed by atoms with Crippen molar-refractivity contribution < 1.29 is 31.4 Å². The Morgan fingerprint density at radius 3 is 2.30 bits per heavy atom. The van der Waals surface area contributed by atoms with Crippen molar-refractivity contribution in [1.82, 2.24) is 0 Å². The van der Waals surface area contributed by atoms with Crippen LogP contribution < -0.4 is 9.47 Å². The molecule has 0 N–H and O–H groups in total. The van der Waals surface area contributed by atoms with E-state index in [1.807, 2.05) is 0 Å². The van der Waals surface area contributed by atoms with Gasteiger partial charge in [-0.05, 0) is 55.0 Å². The molecule has 0 saturated carbocycles. The van der Waals surface area contributed by atoms with Crippen LogP contribution in [-0.2, 0) is 12.8 Å². The first-order valence-corrected chi connectivity index (χ1v) is 10.6. The average molecular weight is 478 g/mol. The van der Waals surface area contributed by atoms with E-state index in [9.17, 15) is 27.2 Å². The molecule has 170 valence electrons. The Kier molecular flexibility index (Phi) is 6.33. The second-order valence-electron chi connectivity index (χ2n) is 7.17. The number of nitriles is 1. The number of ether oxygens (including phenoxy) is 2. The highest BCUT2D eigenvalue weighted by Crippen LogP contribution is 2.40. The smallest absolute Gasteiger partial charge is 0.207 e. The summed E-state index contributed by atoms with van der Waals surface area (Å²) in [6.45, 7) is 0. The van der Waals surface area contributed by atoms with Gasteiger partial charge in [-0.3, -0.25) is 0 Å². The lowest BCUT2D eigenvalue weighted by molar-refractivity contribution is 0.321. The third-order valence-corrected chi connectivity index (χ3v) is 6.36. The van der Waals surface area contributed by atoms with E-state index < -0.39 is 34.8 Å². The fraction of sp³-hybridized carbons (Fsp3) is 0.217. The normalized spacial score (nSPS) is 13.1. The quantitative estimate of drug-likeness (QED) is 0.177. The fourth-order valence-corrected chi connectivity index (χ4v) is 4.71. The molecule has 33 heavy (non-hydrogen) atoms. The number of nitrogens with zero attached hydrogens (tertiary/aromatic N) is 2. The predicted molar refractivity (Wildman–Crippen MR) is 112 cm³/mol. The molecule has 0 saturated heterocycles. The third-order valence-electron chi connectivity index (χ3n) is 5.16. The molecule has 0 bridgehead atoms. The van der Waals surface area contributed by atoms with E-state index in [2.05, 4.69) is 11.1 Å². The van der Waals surface area contributed by atoms with Gasteiger partial charge in [0, 0.05) is 11.1 Å². The molecule has 0 fully saturated rings. The Balaban J connectivity index is 1.64. The van der Waals surface area contributed by atoms with Crippen molar-refractivity contribution in [2.45, 2.75) is 25.7 Å². The zero-order chi connectivity index (χ0) is 23.7. The summed E-state index contributed by atoms with van der Waals surface area (Å²) in [6.07, 6.45) is 5.36. The van der Waals surface area contributed by atoms with Crippen molar-refractivity contribution in [3.05, 3.63) is 68.9 Å². The van der Waals surface area contributed by atoms with E-state index >= 15 is 0 Å². The van der Waals surface area contributed by atoms with Crippen molar-refractivity contribution in [3.8, 4) is 23.3 Å². The molecule has 10 heteroatoms. The molecule has 0 amide bonds. The molecule has 1 aliphatic carbocycles. The first-order chi connectivity index (χ1) is 15.8. The summed E-state index contributed by atoms with van der Waals surface area (Å²) in [6, 6.07) is 6.35. The molecule has 1 aliphatic rings. The lowest BCUT2D eigenvalue weighted by Crippen LogP contribution is -2.04. The van der Waals surface area contributed by atoms with Crippen molar-refractivity contribution in [2.75, 3.05) is 7.11 Å². The molecule has 0 unspecified atom stereocenters. The van der Waals surface area contributed by atoms with Gasteiger partial charge in [-0.2, -0.15) is 14.0 Å². The molecule has 1 aromatic heterocycles. The lowest BCUT2D eigenvalue weighted by atomic mass is 9.96. The van der Waals surface area contributed by atoms with Crippen LogP contribution in [0.3, 0.4) is 0 Å². The molecule has 4 nitrogen and oxygen atoms in total. The number of aryl methyl sites for hydroxylation is 1. The van der Waals surface area contributed by atoms with Crippen LogP contribution in [0, 0.1) is 40.4 Å². The summed E-state index contributed by atoms with van der Waals surface area (Å²) >= 11 is 1.47. The highest BCUT2D eigenvalue weighted by atomic mass is 32.1. The molecule has 4 rings (SSSR count). The van der Waals surface area contributed by atoms with E-state index in [0.29, 0.717) is 16.1 Å². The largest absolute Gasteiger partial charge is 0.493 e. The molecular formula is C23H15F5N2O2S. The standard InChI is InChI=1S/C23H15F5N2O2S/c1-31-15-8-11(10-30-23-13(9-29)12-4-2-3-5-16(12)33-23)6-7-14(15)32-22-20(27)18(25)17(24)19(26)21(22)28/h6-8,10H,2-5H2,1H3. The third kappa shape index (κ3) is 4.16. The Hall–Kier alpha value is -3.45. The topological polar surface area (TPSA) is 54.6 Å². The molecule has 2 aromatic carbocycles. The molecule has 0 atom stereocenters. The molecule has 0 spiro atoms. The van der Waals surface area contributed by atoms with Gasteiger partial charge in [0.05, 0.1) is 12.7 Å². The molecule has 1 heterocycles. The second-order valence-corrected chi connectivity index (χ2v) is 8.26. The summed E-state index contributed by atoms with van der Waals surface area (Å²) in [5.74, 6) is -12.4. The van der Waals surface area contributed by atoms with E-state index in [1.54, 1.807) is 0 Å². The van der Waals surface area contributed by atoms with Crippen LogP contribution in [0.5, 0.6) is 17.2 Å².